The van der Waals surface area contributed by atoms with E-state index >= 15 is 0 Å². The highest BCUT2D eigenvalue weighted by Gasteiger charge is 2.45. The average molecular weight is 458 g/mol. The number of benzene rings is 1. The first kappa shape index (κ1) is 25.5. The molecule has 1 saturated heterocycles. The summed E-state index contributed by atoms with van der Waals surface area (Å²) in [5, 5.41) is 57.7. The first-order valence-corrected chi connectivity index (χ1v) is 9.58. The monoisotopic (exact) mass is 458 g/mol. The van der Waals surface area contributed by atoms with Crippen LogP contribution in [0.5, 0.6) is 11.5 Å². The van der Waals surface area contributed by atoms with Gasteiger partial charge in [-0.05, 0) is 23.8 Å². The van der Waals surface area contributed by atoms with Crippen molar-refractivity contribution in [2.24, 2.45) is 0 Å². The summed E-state index contributed by atoms with van der Waals surface area (Å²) in [7, 11) is 0. The summed E-state index contributed by atoms with van der Waals surface area (Å²) in [6.45, 7) is -0.335. The molecule has 6 atom stereocenters. The summed E-state index contributed by atoms with van der Waals surface area (Å²) in [5.41, 5.74) is 0.409. The van der Waals surface area contributed by atoms with E-state index in [0.29, 0.717) is 5.56 Å². The van der Waals surface area contributed by atoms with E-state index in [1.54, 1.807) is 0 Å². The molecule has 12 heteroatoms. The lowest BCUT2D eigenvalue weighted by molar-refractivity contribution is -0.315. The Labute approximate surface area is 182 Å². The van der Waals surface area contributed by atoms with Gasteiger partial charge >= 0.3 is 11.9 Å². The number of carbonyl (C=O) groups is 2. The summed E-state index contributed by atoms with van der Waals surface area (Å²) in [4.78, 5) is 23.1. The van der Waals surface area contributed by atoms with Crippen LogP contribution >= 0.6 is 0 Å². The molecule has 0 aromatic heterocycles. The third-order valence-corrected chi connectivity index (χ3v) is 4.47. The lowest BCUT2D eigenvalue weighted by Gasteiger charge is -2.40. The zero-order valence-electron chi connectivity index (χ0n) is 17.1. The predicted molar refractivity (Wildman–Crippen MR) is 105 cm³/mol. The lowest BCUT2D eigenvalue weighted by Crippen LogP contribution is -2.60. The second-order valence-corrected chi connectivity index (χ2v) is 6.97. The summed E-state index contributed by atoms with van der Waals surface area (Å²) >= 11 is 0. The third kappa shape index (κ3) is 7.15. The maximum Gasteiger partial charge on any atom is 0.330 e. The fourth-order valence-electron chi connectivity index (χ4n) is 2.74. The SMILES string of the molecule is CC(=O)OC[C@@H](COC(=O)/C=C/c1ccc(O)c(O)c1)O[C@H]1O[C@@H](CO)[C@H](O)[C@@H](O)[C@@H]1O. The number of ether oxygens (including phenoxy) is 4. The molecule has 1 fully saturated rings. The Morgan fingerprint density at radius 3 is 2.38 bits per heavy atom. The van der Waals surface area contributed by atoms with Crippen molar-refractivity contribution in [2.75, 3.05) is 19.8 Å². The Kier molecular flexibility index (Phi) is 9.38. The zero-order valence-corrected chi connectivity index (χ0v) is 17.1. The van der Waals surface area contributed by atoms with E-state index in [1.807, 2.05) is 0 Å². The number of hydrogen-bond donors (Lipinski definition) is 6. The van der Waals surface area contributed by atoms with Crippen LogP contribution in [0.2, 0.25) is 0 Å². The molecule has 32 heavy (non-hydrogen) atoms. The number of hydrogen-bond acceptors (Lipinski definition) is 12. The maximum atomic E-state index is 12.0. The summed E-state index contributed by atoms with van der Waals surface area (Å²) < 4.78 is 20.6. The van der Waals surface area contributed by atoms with Crippen LogP contribution in [0.4, 0.5) is 0 Å². The van der Waals surface area contributed by atoms with Crippen LogP contribution in [0.3, 0.4) is 0 Å². The minimum absolute atomic E-state index is 0.316. The first-order valence-electron chi connectivity index (χ1n) is 9.58. The van der Waals surface area contributed by atoms with Crippen molar-refractivity contribution in [3.63, 3.8) is 0 Å². The molecule has 0 bridgehead atoms. The molecule has 12 nitrogen and oxygen atoms in total. The van der Waals surface area contributed by atoms with Gasteiger partial charge in [-0.15, -0.1) is 0 Å². The number of rotatable bonds is 9. The largest absolute Gasteiger partial charge is 0.504 e. The van der Waals surface area contributed by atoms with Gasteiger partial charge in [0, 0.05) is 13.0 Å². The van der Waals surface area contributed by atoms with Crippen LogP contribution in [-0.2, 0) is 28.5 Å². The number of phenols is 2. The molecule has 1 aromatic rings. The number of aliphatic hydroxyl groups is 4. The summed E-state index contributed by atoms with van der Waals surface area (Å²) in [5.74, 6) is -2.15. The Hall–Kier alpha value is -2.74. The Bertz CT molecular complexity index is 808. The van der Waals surface area contributed by atoms with E-state index in [4.69, 9.17) is 18.9 Å². The van der Waals surface area contributed by atoms with Crippen LogP contribution in [0.15, 0.2) is 24.3 Å². The molecule has 1 aliphatic heterocycles. The minimum Gasteiger partial charge on any atom is -0.504 e. The van der Waals surface area contributed by atoms with Crippen LogP contribution in [0.1, 0.15) is 12.5 Å². The van der Waals surface area contributed by atoms with Gasteiger partial charge in [0.1, 0.15) is 43.7 Å². The van der Waals surface area contributed by atoms with Crippen molar-refractivity contribution >= 4 is 18.0 Å². The number of esters is 2. The third-order valence-electron chi connectivity index (χ3n) is 4.47. The van der Waals surface area contributed by atoms with Crippen LogP contribution < -0.4 is 0 Å². The smallest absolute Gasteiger partial charge is 0.330 e. The van der Waals surface area contributed by atoms with Crippen LogP contribution in [0.25, 0.3) is 6.08 Å². The Morgan fingerprint density at radius 2 is 1.75 bits per heavy atom. The zero-order chi connectivity index (χ0) is 23.8. The highest BCUT2D eigenvalue weighted by molar-refractivity contribution is 5.87. The molecule has 0 unspecified atom stereocenters. The summed E-state index contributed by atoms with van der Waals surface area (Å²) in [6, 6.07) is 3.92. The van der Waals surface area contributed by atoms with Crippen LogP contribution in [0, 0.1) is 0 Å². The van der Waals surface area contributed by atoms with E-state index in [9.17, 15) is 40.2 Å². The van der Waals surface area contributed by atoms with Gasteiger partial charge in [0.05, 0.1) is 6.61 Å². The molecule has 0 amide bonds. The van der Waals surface area contributed by atoms with Crippen molar-refractivity contribution in [3.05, 3.63) is 29.8 Å². The van der Waals surface area contributed by atoms with E-state index < -0.39 is 62.0 Å². The van der Waals surface area contributed by atoms with Crippen LogP contribution in [-0.4, -0.2) is 99.2 Å². The fraction of sp³-hybridized carbons (Fsp3) is 0.500. The topological polar surface area (TPSA) is 192 Å². The first-order chi connectivity index (χ1) is 15.1. The van der Waals surface area contributed by atoms with Crippen molar-refractivity contribution < 1.29 is 59.2 Å². The van der Waals surface area contributed by atoms with Crippen molar-refractivity contribution in [1.82, 2.24) is 0 Å². The predicted octanol–water partition coefficient (Wildman–Crippen LogP) is -1.60. The summed E-state index contributed by atoms with van der Waals surface area (Å²) in [6.07, 6.45) is -6.42. The molecule has 0 spiro atoms. The van der Waals surface area contributed by atoms with E-state index in [1.165, 1.54) is 24.3 Å². The molecular weight excluding hydrogens is 432 g/mol. The fourth-order valence-corrected chi connectivity index (χ4v) is 2.74. The molecule has 0 saturated carbocycles. The van der Waals surface area contributed by atoms with Gasteiger partial charge < -0.3 is 49.6 Å². The molecule has 6 N–H and O–H groups in total. The molecule has 1 aliphatic rings. The standard InChI is InChI=1S/C20H26O12/c1-10(22)29-8-12(31-20-19(28)18(27)17(26)15(7-21)32-20)9-30-16(25)5-3-11-2-4-13(23)14(24)6-11/h2-6,12,15,17-21,23-24,26-28H,7-9H2,1H3/b5-3+/t12-,15-,17-,18+,19-,20-/m0/s1. The molecule has 0 radical (unpaired) electrons. The van der Waals surface area contributed by atoms with E-state index in [2.05, 4.69) is 0 Å². The van der Waals surface area contributed by atoms with Crippen molar-refractivity contribution in [1.29, 1.82) is 0 Å². The average Bonchev–Trinajstić information content (AvgIpc) is 2.76. The second kappa shape index (κ2) is 11.8. The number of aromatic hydroxyl groups is 2. The number of carbonyl (C=O) groups excluding carboxylic acids is 2. The second-order valence-electron chi connectivity index (χ2n) is 6.97. The highest BCUT2D eigenvalue weighted by Crippen LogP contribution is 2.25. The Morgan fingerprint density at radius 1 is 1.06 bits per heavy atom. The quantitative estimate of drug-likeness (QED) is 0.141. The van der Waals surface area contributed by atoms with Gasteiger partial charge in [-0.25, -0.2) is 4.79 Å². The van der Waals surface area contributed by atoms with E-state index in [0.717, 1.165) is 13.0 Å². The number of phenolic OH excluding ortho intramolecular Hbond substituents is 2. The van der Waals surface area contributed by atoms with Gasteiger partial charge in [0.2, 0.25) is 0 Å². The minimum atomic E-state index is -1.69. The highest BCUT2D eigenvalue weighted by atomic mass is 16.7. The van der Waals surface area contributed by atoms with Gasteiger partial charge in [0.25, 0.3) is 0 Å². The maximum absolute atomic E-state index is 12.0. The molecule has 178 valence electrons. The molecule has 1 aromatic carbocycles. The van der Waals surface area contributed by atoms with Gasteiger partial charge in [0.15, 0.2) is 17.8 Å². The lowest BCUT2D eigenvalue weighted by atomic mass is 9.99. The molecule has 0 aliphatic carbocycles. The van der Waals surface area contributed by atoms with Gasteiger partial charge in [-0.1, -0.05) is 6.07 Å². The molecular formula is C20H26O12. The van der Waals surface area contributed by atoms with E-state index in [-0.39, 0.29) is 18.1 Å². The van der Waals surface area contributed by atoms with Crippen molar-refractivity contribution in [3.8, 4) is 11.5 Å². The Balaban J connectivity index is 1.98. The van der Waals surface area contributed by atoms with Crippen molar-refractivity contribution in [2.45, 2.75) is 43.7 Å². The molecule has 1 heterocycles. The van der Waals surface area contributed by atoms with Gasteiger partial charge in [-0.2, -0.15) is 0 Å². The van der Waals surface area contributed by atoms with Gasteiger partial charge in [-0.3, -0.25) is 4.79 Å². The molecule has 2 rings (SSSR count). The normalized spacial score (nSPS) is 26.6. The number of aliphatic hydroxyl groups excluding tert-OH is 4.